The molecule has 0 radical (unpaired) electrons. The number of aliphatic imine (C=N–C) groups is 1. The minimum atomic E-state index is 0.490. The molecule has 0 bridgehead atoms. The SMILES string of the molecule is CC/C(C)=C1\CN=C(c2ccc(C)cc2)c2cc(OC)ccc2N1C(C)=N. The molecule has 3 rings (SSSR count). The fraction of sp³-hybridized carbons (Fsp3) is 0.304. The molecule has 2 aromatic carbocycles. The van der Waals surface area contributed by atoms with Crippen molar-refractivity contribution >= 4 is 17.2 Å². The van der Waals surface area contributed by atoms with Crippen LogP contribution < -0.4 is 9.64 Å². The molecule has 1 aliphatic heterocycles. The second-order valence-electron chi connectivity index (χ2n) is 6.92. The van der Waals surface area contributed by atoms with Gasteiger partial charge >= 0.3 is 0 Å². The van der Waals surface area contributed by atoms with Crippen molar-refractivity contribution in [2.24, 2.45) is 4.99 Å². The van der Waals surface area contributed by atoms with Crippen molar-refractivity contribution in [3.05, 3.63) is 70.4 Å². The predicted octanol–water partition coefficient (Wildman–Crippen LogP) is 5.34. The van der Waals surface area contributed by atoms with Gasteiger partial charge in [0.2, 0.25) is 0 Å². The summed E-state index contributed by atoms with van der Waals surface area (Å²) < 4.78 is 5.48. The number of allylic oxidation sites excluding steroid dienone is 1. The molecule has 0 unspecified atom stereocenters. The van der Waals surface area contributed by atoms with E-state index in [9.17, 15) is 0 Å². The van der Waals surface area contributed by atoms with Crippen LogP contribution >= 0.6 is 0 Å². The van der Waals surface area contributed by atoms with E-state index >= 15 is 0 Å². The Bertz CT molecular complexity index is 923. The monoisotopic (exact) mass is 361 g/mol. The van der Waals surface area contributed by atoms with Crippen molar-refractivity contribution in [2.75, 3.05) is 18.6 Å². The Hall–Kier alpha value is -2.88. The fourth-order valence-electron chi connectivity index (χ4n) is 3.35. The number of amidine groups is 1. The third-order valence-electron chi connectivity index (χ3n) is 5.04. The van der Waals surface area contributed by atoms with Gasteiger partial charge in [0, 0.05) is 16.8 Å². The lowest BCUT2D eigenvalue weighted by atomic mass is 9.98. The molecular formula is C23H27N3O. The normalized spacial score (nSPS) is 15.6. The Balaban J connectivity index is 2.29. The van der Waals surface area contributed by atoms with E-state index in [0.717, 1.165) is 40.4 Å². The largest absolute Gasteiger partial charge is 0.497 e. The van der Waals surface area contributed by atoms with Gasteiger partial charge in [0.15, 0.2) is 0 Å². The number of rotatable bonds is 3. The summed E-state index contributed by atoms with van der Waals surface area (Å²) in [6.07, 6.45) is 0.931. The third kappa shape index (κ3) is 3.65. The van der Waals surface area contributed by atoms with Crippen LogP contribution in [0.15, 0.2) is 58.7 Å². The molecule has 1 N–H and O–H groups in total. The summed E-state index contributed by atoms with van der Waals surface area (Å²) >= 11 is 0. The number of anilines is 1. The van der Waals surface area contributed by atoms with E-state index in [1.165, 1.54) is 11.1 Å². The van der Waals surface area contributed by atoms with Gasteiger partial charge in [-0.3, -0.25) is 10.4 Å². The zero-order valence-electron chi connectivity index (χ0n) is 16.8. The first-order valence-electron chi connectivity index (χ1n) is 9.30. The van der Waals surface area contributed by atoms with Crippen molar-refractivity contribution in [1.82, 2.24) is 0 Å². The lowest BCUT2D eigenvalue weighted by molar-refractivity contribution is 0.415. The molecule has 2 aromatic rings. The zero-order valence-corrected chi connectivity index (χ0v) is 16.8. The fourth-order valence-corrected chi connectivity index (χ4v) is 3.35. The number of methoxy groups -OCH3 is 1. The quantitative estimate of drug-likeness (QED) is 0.592. The highest BCUT2D eigenvalue weighted by Gasteiger charge is 2.25. The smallest absolute Gasteiger partial charge is 0.119 e. The van der Waals surface area contributed by atoms with Crippen molar-refractivity contribution in [3.8, 4) is 5.75 Å². The molecule has 1 heterocycles. The number of ether oxygens (including phenoxy) is 1. The number of benzene rings is 2. The summed E-state index contributed by atoms with van der Waals surface area (Å²) in [5, 5.41) is 8.42. The molecule has 0 saturated heterocycles. The van der Waals surface area contributed by atoms with E-state index in [1.54, 1.807) is 7.11 Å². The van der Waals surface area contributed by atoms with Crippen LogP contribution in [0, 0.1) is 12.3 Å². The van der Waals surface area contributed by atoms with Gasteiger partial charge in [0.05, 0.1) is 25.1 Å². The molecule has 4 heteroatoms. The van der Waals surface area contributed by atoms with Crippen LogP contribution in [0.5, 0.6) is 5.75 Å². The Kier molecular flexibility index (Phi) is 5.45. The third-order valence-corrected chi connectivity index (χ3v) is 5.04. The highest BCUT2D eigenvalue weighted by atomic mass is 16.5. The molecule has 4 nitrogen and oxygen atoms in total. The van der Waals surface area contributed by atoms with Crippen molar-refractivity contribution in [2.45, 2.75) is 34.1 Å². The Morgan fingerprint density at radius 3 is 2.44 bits per heavy atom. The molecule has 1 aliphatic rings. The maximum atomic E-state index is 8.42. The Labute approximate surface area is 161 Å². The average molecular weight is 361 g/mol. The number of fused-ring (bicyclic) bond motifs is 1. The first-order valence-corrected chi connectivity index (χ1v) is 9.30. The van der Waals surface area contributed by atoms with Gasteiger partial charge in [0.1, 0.15) is 11.6 Å². The minimum Gasteiger partial charge on any atom is -0.497 e. The minimum absolute atomic E-state index is 0.490. The number of nitrogens with zero attached hydrogens (tertiary/aromatic N) is 2. The van der Waals surface area contributed by atoms with Crippen LogP contribution in [-0.4, -0.2) is 25.2 Å². The molecule has 0 atom stereocenters. The van der Waals surface area contributed by atoms with E-state index in [2.05, 4.69) is 45.0 Å². The first kappa shape index (κ1) is 18.9. The molecule has 140 valence electrons. The van der Waals surface area contributed by atoms with E-state index in [0.29, 0.717) is 12.4 Å². The van der Waals surface area contributed by atoms with Gasteiger partial charge < -0.3 is 9.64 Å². The van der Waals surface area contributed by atoms with Gasteiger partial charge in [-0.2, -0.15) is 0 Å². The second-order valence-corrected chi connectivity index (χ2v) is 6.92. The second kappa shape index (κ2) is 7.78. The van der Waals surface area contributed by atoms with Gasteiger partial charge in [-0.25, -0.2) is 0 Å². The predicted molar refractivity (Wildman–Crippen MR) is 114 cm³/mol. The topological polar surface area (TPSA) is 48.7 Å². The maximum absolute atomic E-state index is 8.42. The number of hydrogen-bond donors (Lipinski definition) is 1. The van der Waals surface area contributed by atoms with E-state index in [1.807, 2.05) is 30.0 Å². The molecule has 0 amide bonds. The van der Waals surface area contributed by atoms with Crippen molar-refractivity contribution < 1.29 is 4.74 Å². The van der Waals surface area contributed by atoms with Crippen molar-refractivity contribution in [1.29, 1.82) is 5.41 Å². The standard InChI is InChI=1S/C23H27N3O/c1-6-16(3)22-14-25-23(18-9-7-15(2)8-10-18)20-13-19(27-5)11-12-21(20)26(22)17(4)24/h7-13,24H,6,14H2,1-5H3/b22-16+,24-17?. The highest BCUT2D eigenvalue weighted by molar-refractivity contribution is 6.18. The Morgan fingerprint density at radius 2 is 1.85 bits per heavy atom. The van der Waals surface area contributed by atoms with Gasteiger partial charge in [0.25, 0.3) is 0 Å². The molecule has 0 fully saturated rings. The number of benzodiazepines with no additional fused rings is 1. The summed E-state index contributed by atoms with van der Waals surface area (Å²) in [4.78, 5) is 7.01. The van der Waals surface area contributed by atoms with E-state index in [-0.39, 0.29) is 0 Å². The van der Waals surface area contributed by atoms with Crippen molar-refractivity contribution in [3.63, 3.8) is 0 Å². The van der Waals surface area contributed by atoms with Crippen LogP contribution in [0.1, 0.15) is 43.9 Å². The van der Waals surface area contributed by atoms with Crippen LogP contribution in [0.2, 0.25) is 0 Å². The van der Waals surface area contributed by atoms with Gasteiger partial charge in [-0.15, -0.1) is 0 Å². The van der Waals surface area contributed by atoms with E-state index < -0.39 is 0 Å². The molecular weight excluding hydrogens is 334 g/mol. The molecule has 0 saturated carbocycles. The zero-order chi connectivity index (χ0) is 19.6. The van der Waals surface area contributed by atoms with Gasteiger partial charge in [-0.1, -0.05) is 42.3 Å². The molecule has 0 aliphatic carbocycles. The summed E-state index contributed by atoms with van der Waals surface area (Å²) in [5.41, 5.74) is 7.53. The first-order chi connectivity index (χ1) is 13.0. The summed E-state index contributed by atoms with van der Waals surface area (Å²) in [6, 6.07) is 14.4. The maximum Gasteiger partial charge on any atom is 0.119 e. The molecule has 0 spiro atoms. The highest BCUT2D eigenvalue weighted by Crippen LogP contribution is 2.34. The van der Waals surface area contributed by atoms with Crippen LogP contribution in [0.3, 0.4) is 0 Å². The Morgan fingerprint density at radius 1 is 1.15 bits per heavy atom. The lowest BCUT2D eigenvalue weighted by Crippen LogP contribution is -2.29. The molecule has 27 heavy (non-hydrogen) atoms. The van der Waals surface area contributed by atoms with Crippen LogP contribution in [-0.2, 0) is 0 Å². The summed E-state index contributed by atoms with van der Waals surface area (Å²) in [6.45, 7) is 8.73. The summed E-state index contributed by atoms with van der Waals surface area (Å²) in [7, 11) is 1.67. The van der Waals surface area contributed by atoms with E-state index in [4.69, 9.17) is 15.1 Å². The van der Waals surface area contributed by atoms with Gasteiger partial charge in [-0.05, 0) is 45.4 Å². The lowest BCUT2D eigenvalue weighted by Gasteiger charge is -2.27. The van der Waals surface area contributed by atoms with Crippen LogP contribution in [0.25, 0.3) is 0 Å². The number of hydrogen-bond acceptors (Lipinski definition) is 3. The van der Waals surface area contributed by atoms with Crippen LogP contribution in [0.4, 0.5) is 5.69 Å². The number of nitrogens with one attached hydrogen (secondary N) is 1. The number of aryl methyl sites for hydroxylation is 1. The average Bonchev–Trinajstić information content (AvgIpc) is 2.84. The molecule has 0 aromatic heterocycles. The summed E-state index contributed by atoms with van der Waals surface area (Å²) in [5.74, 6) is 1.28.